The van der Waals surface area contributed by atoms with E-state index >= 15 is 0 Å². The summed E-state index contributed by atoms with van der Waals surface area (Å²) in [4.78, 5) is 27.7. The quantitative estimate of drug-likeness (QED) is 0.688. The molecule has 2 aliphatic heterocycles. The highest BCUT2D eigenvalue weighted by molar-refractivity contribution is 5.82. The molecule has 2 aliphatic rings. The Morgan fingerprint density at radius 3 is 2.58 bits per heavy atom. The SMILES string of the molecule is CCNC(=O)CN1CCN(C(=O)[C@@H]2CCCN2)CC1. The number of nitrogens with zero attached hydrogens (tertiary/aromatic N) is 2. The molecule has 6 heteroatoms. The van der Waals surface area contributed by atoms with Crippen molar-refractivity contribution in [1.29, 1.82) is 0 Å². The van der Waals surface area contributed by atoms with E-state index in [-0.39, 0.29) is 17.9 Å². The van der Waals surface area contributed by atoms with E-state index in [0.717, 1.165) is 45.6 Å². The maximum absolute atomic E-state index is 12.2. The van der Waals surface area contributed by atoms with E-state index in [4.69, 9.17) is 0 Å². The molecule has 2 saturated heterocycles. The third-order valence-corrected chi connectivity index (χ3v) is 3.78. The molecular formula is C13H24N4O2. The minimum atomic E-state index is 0.0231. The molecule has 0 bridgehead atoms. The lowest BCUT2D eigenvalue weighted by Gasteiger charge is -2.35. The van der Waals surface area contributed by atoms with Gasteiger partial charge in [0.2, 0.25) is 11.8 Å². The van der Waals surface area contributed by atoms with Gasteiger partial charge in [-0.2, -0.15) is 0 Å². The van der Waals surface area contributed by atoms with Crippen molar-refractivity contribution in [2.24, 2.45) is 0 Å². The standard InChI is InChI=1S/C13H24N4O2/c1-2-14-12(18)10-16-6-8-17(9-7-16)13(19)11-4-3-5-15-11/h11,15H,2-10H2,1H3,(H,14,18)/t11-/m0/s1. The molecule has 0 radical (unpaired) electrons. The number of likely N-dealkylation sites (N-methyl/N-ethyl adjacent to an activating group) is 1. The van der Waals surface area contributed by atoms with Gasteiger partial charge in [0.05, 0.1) is 12.6 Å². The van der Waals surface area contributed by atoms with E-state index in [1.54, 1.807) is 0 Å². The van der Waals surface area contributed by atoms with Gasteiger partial charge in [-0.1, -0.05) is 0 Å². The molecule has 0 spiro atoms. The van der Waals surface area contributed by atoms with Crippen molar-refractivity contribution in [1.82, 2.24) is 20.4 Å². The van der Waals surface area contributed by atoms with Gasteiger partial charge >= 0.3 is 0 Å². The number of amides is 2. The average Bonchev–Trinajstić information content (AvgIpc) is 2.93. The molecule has 0 aromatic carbocycles. The maximum atomic E-state index is 12.2. The van der Waals surface area contributed by atoms with Crippen LogP contribution < -0.4 is 10.6 Å². The minimum absolute atomic E-state index is 0.0231. The number of carbonyl (C=O) groups is 2. The van der Waals surface area contributed by atoms with E-state index in [9.17, 15) is 9.59 Å². The Bertz CT molecular complexity index is 321. The van der Waals surface area contributed by atoms with Crippen LogP contribution in [0.25, 0.3) is 0 Å². The predicted molar refractivity (Wildman–Crippen MR) is 72.7 cm³/mol. The average molecular weight is 268 g/mol. The number of nitrogens with one attached hydrogen (secondary N) is 2. The first-order valence-corrected chi connectivity index (χ1v) is 7.22. The van der Waals surface area contributed by atoms with Gasteiger partial charge in [-0.25, -0.2) is 0 Å². The molecule has 0 aliphatic carbocycles. The van der Waals surface area contributed by atoms with E-state index < -0.39 is 0 Å². The summed E-state index contributed by atoms with van der Waals surface area (Å²) in [6.07, 6.45) is 2.05. The van der Waals surface area contributed by atoms with Gasteiger partial charge in [0.25, 0.3) is 0 Å². The Balaban J connectivity index is 1.72. The Hall–Kier alpha value is -1.14. The monoisotopic (exact) mass is 268 g/mol. The Morgan fingerprint density at radius 1 is 1.26 bits per heavy atom. The molecule has 108 valence electrons. The Morgan fingerprint density at radius 2 is 2.00 bits per heavy atom. The second-order valence-corrected chi connectivity index (χ2v) is 5.20. The van der Waals surface area contributed by atoms with E-state index in [1.165, 1.54) is 0 Å². The van der Waals surface area contributed by atoms with Crippen LogP contribution in [0.2, 0.25) is 0 Å². The Kier molecular flexibility index (Phi) is 5.15. The van der Waals surface area contributed by atoms with Gasteiger partial charge in [0.1, 0.15) is 0 Å². The van der Waals surface area contributed by atoms with Crippen LogP contribution in [0.5, 0.6) is 0 Å². The zero-order chi connectivity index (χ0) is 13.7. The highest BCUT2D eigenvalue weighted by atomic mass is 16.2. The van der Waals surface area contributed by atoms with Crippen LogP contribution in [0.4, 0.5) is 0 Å². The molecular weight excluding hydrogens is 244 g/mol. The largest absolute Gasteiger partial charge is 0.355 e. The van der Waals surface area contributed by atoms with Gasteiger partial charge in [-0.3, -0.25) is 14.5 Å². The fourth-order valence-electron chi connectivity index (χ4n) is 2.70. The summed E-state index contributed by atoms with van der Waals surface area (Å²) in [5, 5.41) is 6.05. The van der Waals surface area contributed by atoms with Crippen molar-refractivity contribution in [3.63, 3.8) is 0 Å². The molecule has 2 amide bonds. The number of carbonyl (C=O) groups excluding carboxylic acids is 2. The minimum Gasteiger partial charge on any atom is -0.355 e. The van der Waals surface area contributed by atoms with Gasteiger partial charge in [0, 0.05) is 32.7 Å². The lowest BCUT2D eigenvalue weighted by Crippen LogP contribution is -2.54. The van der Waals surface area contributed by atoms with Crippen molar-refractivity contribution in [3.05, 3.63) is 0 Å². The second-order valence-electron chi connectivity index (χ2n) is 5.20. The summed E-state index contributed by atoms with van der Waals surface area (Å²) in [5.41, 5.74) is 0. The van der Waals surface area contributed by atoms with Crippen LogP contribution in [0, 0.1) is 0 Å². The van der Waals surface area contributed by atoms with Crippen molar-refractivity contribution >= 4 is 11.8 Å². The third kappa shape index (κ3) is 3.91. The molecule has 2 fully saturated rings. The smallest absolute Gasteiger partial charge is 0.239 e. The predicted octanol–water partition coefficient (Wildman–Crippen LogP) is -0.981. The van der Waals surface area contributed by atoms with Gasteiger partial charge in [-0.05, 0) is 26.3 Å². The molecule has 2 heterocycles. The fourth-order valence-corrected chi connectivity index (χ4v) is 2.70. The molecule has 0 saturated carbocycles. The van der Waals surface area contributed by atoms with Crippen LogP contribution in [-0.4, -0.2) is 73.5 Å². The number of hydrogen-bond donors (Lipinski definition) is 2. The lowest BCUT2D eigenvalue weighted by atomic mass is 10.2. The van der Waals surface area contributed by atoms with Gasteiger partial charge in [-0.15, -0.1) is 0 Å². The highest BCUT2D eigenvalue weighted by Gasteiger charge is 2.29. The highest BCUT2D eigenvalue weighted by Crippen LogP contribution is 2.10. The van der Waals surface area contributed by atoms with Gasteiger partial charge < -0.3 is 15.5 Å². The lowest BCUT2D eigenvalue weighted by molar-refractivity contribution is -0.135. The Labute approximate surface area is 114 Å². The van der Waals surface area contributed by atoms with Crippen LogP contribution in [0.3, 0.4) is 0 Å². The molecule has 0 aromatic rings. The molecule has 0 unspecified atom stereocenters. The number of piperazine rings is 1. The molecule has 1 atom stereocenters. The van der Waals surface area contributed by atoms with E-state index in [1.807, 2.05) is 11.8 Å². The second kappa shape index (κ2) is 6.86. The van der Waals surface area contributed by atoms with Crippen molar-refractivity contribution in [3.8, 4) is 0 Å². The molecule has 19 heavy (non-hydrogen) atoms. The normalized spacial score (nSPS) is 24.5. The first-order chi connectivity index (χ1) is 9.20. The summed E-state index contributed by atoms with van der Waals surface area (Å²) in [5.74, 6) is 0.301. The maximum Gasteiger partial charge on any atom is 0.239 e. The van der Waals surface area contributed by atoms with Crippen LogP contribution >= 0.6 is 0 Å². The molecule has 6 nitrogen and oxygen atoms in total. The first kappa shape index (κ1) is 14.3. The molecule has 0 aromatic heterocycles. The fraction of sp³-hybridized carbons (Fsp3) is 0.846. The number of hydrogen-bond acceptors (Lipinski definition) is 4. The van der Waals surface area contributed by atoms with Crippen molar-refractivity contribution in [2.75, 3.05) is 45.8 Å². The topological polar surface area (TPSA) is 64.7 Å². The zero-order valence-corrected chi connectivity index (χ0v) is 11.7. The zero-order valence-electron chi connectivity index (χ0n) is 11.7. The van der Waals surface area contributed by atoms with Crippen LogP contribution in [0.1, 0.15) is 19.8 Å². The summed E-state index contributed by atoms with van der Waals surface area (Å²) < 4.78 is 0. The van der Waals surface area contributed by atoms with Crippen molar-refractivity contribution in [2.45, 2.75) is 25.8 Å². The summed E-state index contributed by atoms with van der Waals surface area (Å²) in [6.45, 7) is 7.02. The van der Waals surface area contributed by atoms with E-state index in [2.05, 4.69) is 15.5 Å². The first-order valence-electron chi connectivity index (χ1n) is 7.22. The molecule has 2 N–H and O–H groups in total. The summed E-state index contributed by atoms with van der Waals surface area (Å²) in [6, 6.07) is 0.0231. The summed E-state index contributed by atoms with van der Waals surface area (Å²) >= 11 is 0. The third-order valence-electron chi connectivity index (χ3n) is 3.78. The number of rotatable bonds is 4. The van der Waals surface area contributed by atoms with E-state index in [0.29, 0.717) is 13.1 Å². The van der Waals surface area contributed by atoms with Crippen molar-refractivity contribution < 1.29 is 9.59 Å². The van der Waals surface area contributed by atoms with Gasteiger partial charge in [0.15, 0.2) is 0 Å². The van der Waals surface area contributed by atoms with Crippen LogP contribution in [0.15, 0.2) is 0 Å². The molecule has 2 rings (SSSR count). The summed E-state index contributed by atoms with van der Waals surface area (Å²) in [7, 11) is 0. The van der Waals surface area contributed by atoms with Crippen LogP contribution in [-0.2, 0) is 9.59 Å².